The molecule has 1 amide bonds. The van der Waals surface area contributed by atoms with Gasteiger partial charge in [0, 0.05) is 38.7 Å². The Morgan fingerprint density at radius 2 is 1.82 bits per heavy atom. The third kappa shape index (κ3) is 3.58. The standard InChI is InChI=1S/C19H22F3N5O/c1-25-7-9-26(10-8-25)18(28)15-12-17-23-14(13-5-3-2-4-6-13)11-16(19(20,21)22)27(17)24-15/h2-6,12,14,16,23H,7-11H2,1H3/t14-,16+/m0/s1. The van der Waals surface area contributed by atoms with Crippen LogP contribution in [0, 0.1) is 0 Å². The molecule has 1 aromatic heterocycles. The molecule has 4 rings (SSSR count). The minimum atomic E-state index is -4.45. The molecular weight excluding hydrogens is 371 g/mol. The van der Waals surface area contributed by atoms with Crippen molar-refractivity contribution in [1.29, 1.82) is 0 Å². The largest absolute Gasteiger partial charge is 0.410 e. The molecule has 2 aromatic rings. The lowest BCUT2D eigenvalue weighted by atomic mass is 9.97. The highest BCUT2D eigenvalue weighted by Gasteiger charge is 2.47. The van der Waals surface area contributed by atoms with Gasteiger partial charge in [-0.05, 0) is 12.6 Å². The lowest BCUT2D eigenvalue weighted by Crippen LogP contribution is -2.47. The van der Waals surface area contributed by atoms with Crippen LogP contribution in [0.25, 0.3) is 0 Å². The molecule has 0 unspecified atom stereocenters. The van der Waals surface area contributed by atoms with Crippen LogP contribution in [0.4, 0.5) is 19.0 Å². The predicted octanol–water partition coefficient (Wildman–Crippen LogP) is 2.93. The van der Waals surface area contributed by atoms with E-state index in [9.17, 15) is 18.0 Å². The van der Waals surface area contributed by atoms with Crippen LogP contribution in [0.3, 0.4) is 0 Å². The maximum absolute atomic E-state index is 13.7. The number of piperazine rings is 1. The number of benzene rings is 1. The number of alkyl halides is 3. The van der Waals surface area contributed by atoms with Crippen molar-refractivity contribution in [2.75, 3.05) is 38.5 Å². The zero-order chi connectivity index (χ0) is 19.9. The summed E-state index contributed by atoms with van der Waals surface area (Å²) in [7, 11) is 1.97. The van der Waals surface area contributed by atoms with E-state index >= 15 is 0 Å². The molecule has 2 aliphatic heterocycles. The van der Waals surface area contributed by atoms with Crippen LogP contribution < -0.4 is 5.32 Å². The smallest absolute Gasteiger partial charge is 0.363 e. The van der Waals surface area contributed by atoms with Gasteiger partial charge in [-0.2, -0.15) is 18.3 Å². The monoisotopic (exact) mass is 393 g/mol. The predicted molar refractivity (Wildman–Crippen MR) is 98.1 cm³/mol. The molecule has 2 atom stereocenters. The molecule has 2 aliphatic rings. The minimum Gasteiger partial charge on any atom is -0.363 e. The molecule has 28 heavy (non-hydrogen) atoms. The fourth-order valence-corrected chi connectivity index (χ4v) is 3.75. The van der Waals surface area contributed by atoms with E-state index in [2.05, 4.69) is 15.3 Å². The fraction of sp³-hybridized carbons (Fsp3) is 0.474. The van der Waals surface area contributed by atoms with Crippen LogP contribution in [0.5, 0.6) is 0 Å². The SMILES string of the molecule is CN1CCN(C(=O)c2cc3n(n2)[C@@H](C(F)(F)F)C[C@@H](c2ccccc2)N3)CC1. The van der Waals surface area contributed by atoms with E-state index in [1.54, 1.807) is 29.2 Å². The number of likely N-dealkylation sites (N-methyl/N-ethyl adjacent to an activating group) is 1. The molecular formula is C19H22F3N5O. The number of carbonyl (C=O) groups excluding carboxylic acids is 1. The van der Waals surface area contributed by atoms with Crippen molar-refractivity contribution in [2.24, 2.45) is 0 Å². The summed E-state index contributed by atoms with van der Waals surface area (Å²) in [6.07, 6.45) is -4.63. The number of rotatable bonds is 2. The summed E-state index contributed by atoms with van der Waals surface area (Å²) in [5.41, 5.74) is 0.825. The summed E-state index contributed by atoms with van der Waals surface area (Å²) >= 11 is 0. The van der Waals surface area contributed by atoms with Gasteiger partial charge in [0.15, 0.2) is 11.7 Å². The summed E-state index contributed by atoms with van der Waals surface area (Å²) < 4.78 is 42.1. The fourth-order valence-electron chi connectivity index (χ4n) is 3.75. The van der Waals surface area contributed by atoms with Gasteiger partial charge in [0.05, 0.1) is 6.04 Å². The van der Waals surface area contributed by atoms with Gasteiger partial charge < -0.3 is 15.1 Å². The van der Waals surface area contributed by atoms with Crippen LogP contribution in [0.15, 0.2) is 36.4 Å². The first kappa shape index (κ1) is 18.8. The third-order valence-corrected chi connectivity index (χ3v) is 5.40. The van der Waals surface area contributed by atoms with Gasteiger partial charge in [0.25, 0.3) is 5.91 Å². The first-order valence-electron chi connectivity index (χ1n) is 9.28. The molecule has 0 aliphatic carbocycles. The molecule has 150 valence electrons. The Labute approximate surface area is 160 Å². The zero-order valence-corrected chi connectivity index (χ0v) is 15.5. The highest BCUT2D eigenvalue weighted by atomic mass is 19.4. The first-order valence-corrected chi connectivity index (χ1v) is 9.28. The van der Waals surface area contributed by atoms with Crippen molar-refractivity contribution >= 4 is 11.7 Å². The zero-order valence-electron chi connectivity index (χ0n) is 15.5. The number of amides is 1. The Bertz CT molecular complexity index is 843. The van der Waals surface area contributed by atoms with Crippen molar-refractivity contribution in [3.63, 3.8) is 0 Å². The van der Waals surface area contributed by atoms with Gasteiger partial charge >= 0.3 is 6.18 Å². The molecule has 3 heterocycles. The Morgan fingerprint density at radius 3 is 2.46 bits per heavy atom. The highest BCUT2D eigenvalue weighted by Crippen LogP contribution is 2.43. The van der Waals surface area contributed by atoms with Gasteiger partial charge in [0.1, 0.15) is 5.82 Å². The van der Waals surface area contributed by atoms with Crippen LogP contribution in [0.2, 0.25) is 0 Å². The molecule has 1 fully saturated rings. The third-order valence-electron chi connectivity index (χ3n) is 5.40. The second-order valence-electron chi connectivity index (χ2n) is 7.36. The van der Waals surface area contributed by atoms with Crippen molar-refractivity contribution < 1.29 is 18.0 Å². The number of hydrogen-bond acceptors (Lipinski definition) is 4. The molecule has 6 nitrogen and oxygen atoms in total. The van der Waals surface area contributed by atoms with Gasteiger partial charge in [0.2, 0.25) is 0 Å². The number of carbonyl (C=O) groups is 1. The van der Waals surface area contributed by atoms with Crippen LogP contribution in [-0.4, -0.2) is 64.9 Å². The van der Waals surface area contributed by atoms with Gasteiger partial charge in [-0.3, -0.25) is 4.79 Å². The molecule has 0 bridgehead atoms. The van der Waals surface area contributed by atoms with Gasteiger partial charge in [-0.1, -0.05) is 30.3 Å². The summed E-state index contributed by atoms with van der Waals surface area (Å²) in [5.74, 6) is -0.103. The first-order chi connectivity index (χ1) is 13.3. The lowest BCUT2D eigenvalue weighted by Gasteiger charge is -2.33. The highest BCUT2D eigenvalue weighted by molar-refractivity contribution is 5.93. The Balaban J connectivity index is 1.63. The molecule has 9 heteroatoms. The summed E-state index contributed by atoms with van der Waals surface area (Å²) in [6, 6.07) is 8.19. The second-order valence-corrected chi connectivity index (χ2v) is 7.36. The van der Waals surface area contributed by atoms with Crippen LogP contribution in [0.1, 0.15) is 34.6 Å². The average molecular weight is 393 g/mol. The van der Waals surface area contributed by atoms with E-state index in [4.69, 9.17) is 0 Å². The summed E-state index contributed by atoms with van der Waals surface area (Å²) in [6.45, 7) is 2.55. The Hall–Kier alpha value is -2.55. The van der Waals surface area contributed by atoms with Crippen molar-refractivity contribution in [3.8, 4) is 0 Å². The maximum Gasteiger partial charge on any atom is 0.410 e. The van der Waals surface area contributed by atoms with E-state index in [-0.39, 0.29) is 23.8 Å². The van der Waals surface area contributed by atoms with Gasteiger partial charge in [-0.25, -0.2) is 4.68 Å². The number of nitrogens with one attached hydrogen (secondary N) is 1. The van der Waals surface area contributed by atoms with Gasteiger partial charge in [-0.15, -0.1) is 0 Å². The number of anilines is 1. The second kappa shape index (κ2) is 7.12. The molecule has 0 radical (unpaired) electrons. The maximum atomic E-state index is 13.7. The minimum absolute atomic E-state index is 0.0509. The number of halogens is 3. The summed E-state index contributed by atoms with van der Waals surface area (Å²) in [5, 5.41) is 7.17. The molecule has 0 saturated carbocycles. The molecule has 1 saturated heterocycles. The van der Waals surface area contributed by atoms with Crippen molar-refractivity contribution in [1.82, 2.24) is 19.6 Å². The van der Waals surface area contributed by atoms with E-state index in [1.807, 2.05) is 13.1 Å². The number of fused-ring (bicyclic) bond motifs is 1. The number of aromatic nitrogens is 2. The van der Waals surface area contributed by atoms with Crippen LogP contribution >= 0.6 is 0 Å². The molecule has 1 aromatic carbocycles. The van der Waals surface area contributed by atoms with Crippen molar-refractivity contribution in [3.05, 3.63) is 47.7 Å². The van der Waals surface area contributed by atoms with E-state index in [0.29, 0.717) is 13.1 Å². The Morgan fingerprint density at radius 1 is 1.14 bits per heavy atom. The Kier molecular flexibility index (Phi) is 4.78. The normalized spacial score (nSPS) is 23.2. The van der Waals surface area contributed by atoms with Crippen molar-refractivity contribution in [2.45, 2.75) is 24.7 Å². The quantitative estimate of drug-likeness (QED) is 0.853. The van der Waals surface area contributed by atoms with Crippen LogP contribution in [-0.2, 0) is 0 Å². The van der Waals surface area contributed by atoms with E-state index in [1.165, 1.54) is 6.07 Å². The van der Waals surface area contributed by atoms with E-state index in [0.717, 1.165) is 23.3 Å². The number of hydrogen-bond donors (Lipinski definition) is 1. The number of nitrogens with zero attached hydrogens (tertiary/aromatic N) is 4. The summed E-state index contributed by atoms with van der Waals surface area (Å²) in [4.78, 5) is 16.5. The average Bonchev–Trinajstić information content (AvgIpc) is 3.11. The van der Waals surface area contributed by atoms with E-state index < -0.39 is 18.3 Å². The lowest BCUT2D eigenvalue weighted by molar-refractivity contribution is -0.173. The molecule has 1 N–H and O–H groups in total. The molecule has 0 spiro atoms. The topological polar surface area (TPSA) is 53.4 Å².